The fourth-order valence-corrected chi connectivity index (χ4v) is 5.95. The molecule has 150 valence electrons. The van der Waals surface area contributed by atoms with Crippen LogP contribution >= 0.6 is 11.3 Å². The molecule has 1 nitrogen and oxygen atoms in total. The summed E-state index contributed by atoms with van der Waals surface area (Å²) in [6, 6.07) is 39.6. The molecule has 0 amide bonds. The number of aromatic amines is 1. The number of H-pyrrole nitrogens is 1. The third-order valence-electron chi connectivity index (χ3n) is 6.45. The summed E-state index contributed by atoms with van der Waals surface area (Å²) in [7, 11) is 0. The van der Waals surface area contributed by atoms with Gasteiger partial charge in [-0.25, -0.2) is 0 Å². The van der Waals surface area contributed by atoms with E-state index < -0.39 is 0 Å². The van der Waals surface area contributed by atoms with Gasteiger partial charge < -0.3 is 4.98 Å². The Labute approximate surface area is 189 Å². The predicted octanol–water partition coefficient (Wildman–Crippen LogP) is 9.02. The molecule has 0 atom stereocenters. The van der Waals surface area contributed by atoms with E-state index in [2.05, 4.69) is 114 Å². The molecule has 0 aliphatic carbocycles. The molecule has 7 rings (SSSR count). The predicted molar refractivity (Wildman–Crippen MR) is 140 cm³/mol. The highest BCUT2D eigenvalue weighted by Crippen LogP contribution is 2.37. The minimum atomic E-state index is 1.18. The van der Waals surface area contributed by atoms with Crippen LogP contribution < -0.4 is 0 Å². The van der Waals surface area contributed by atoms with Crippen molar-refractivity contribution in [2.45, 2.75) is 0 Å². The van der Waals surface area contributed by atoms with Crippen molar-refractivity contribution in [3.8, 4) is 22.3 Å². The topological polar surface area (TPSA) is 15.8 Å². The van der Waals surface area contributed by atoms with Gasteiger partial charge in [0.05, 0.1) is 5.52 Å². The van der Waals surface area contributed by atoms with Crippen LogP contribution in [-0.4, -0.2) is 4.98 Å². The van der Waals surface area contributed by atoms with Crippen LogP contribution in [0.2, 0.25) is 0 Å². The van der Waals surface area contributed by atoms with E-state index in [1.165, 1.54) is 64.2 Å². The van der Waals surface area contributed by atoms with Crippen LogP contribution in [0.5, 0.6) is 0 Å². The lowest BCUT2D eigenvalue weighted by molar-refractivity contribution is 1.53. The molecular formula is C30H19NS. The van der Waals surface area contributed by atoms with Gasteiger partial charge >= 0.3 is 0 Å². The van der Waals surface area contributed by atoms with Crippen LogP contribution in [0.1, 0.15) is 0 Å². The van der Waals surface area contributed by atoms with Gasteiger partial charge in [-0.3, -0.25) is 0 Å². The maximum absolute atomic E-state index is 3.63. The number of hydrogen-bond donors (Lipinski definition) is 1. The summed E-state index contributed by atoms with van der Waals surface area (Å²) in [5, 5.41) is 5.24. The molecular weight excluding hydrogens is 406 g/mol. The summed E-state index contributed by atoms with van der Waals surface area (Å²) >= 11 is 1.86. The summed E-state index contributed by atoms with van der Waals surface area (Å²) in [6.45, 7) is 0. The SMILES string of the molecule is c1ccc2c(c1)[nH]c1c(-c3ccc(-c4ccc5sc6ccccc6c5c4)cc3)cccc12. The summed E-state index contributed by atoms with van der Waals surface area (Å²) in [5.41, 5.74) is 7.36. The number of para-hydroxylation sites is 2. The van der Waals surface area contributed by atoms with E-state index in [1.54, 1.807) is 0 Å². The standard InChI is InChI=1S/C30H19NS/c1-3-10-27-23(6-1)25-9-5-8-22(30(25)31-27)20-14-12-19(13-15-20)21-16-17-29-26(18-21)24-7-2-4-11-28(24)32-29/h1-18,31H. The molecule has 0 saturated heterocycles. The van der Waals surface area contributed by atoms with Crippen molar-refractivity contribution in [2.75, 3.05) is 0 Å². The van der Waals surface area contributed by atoms with Gasteiger partial charge in [0, 0.05) is 42.0 Å². The van der Waals surface area contributed by atoms with Crippen LogP contribution in [0.25, 0.3) is 64.2 Å². The van der Waals surface area contributed by atoms with Crippen LogP contribution in [0.4, 0.5) is 0 Å². The van der Waals surface area contributed by atoms with Crippen molar-refractivity contribution >= 4 is 53.3 Å². The molecule has 7 aromatic rings. The first kappa shape index (κ1) is 17.8. The molecule has 0 fully saturated rings. The zero-order chi connectivity index (χ0) is 21.1. The Morgan fingerprint density at radius 1 is 0.469 bits per heavy atom. The van der Waals surface area contributed by atoms with Crippen LogP contribution in [0.3, 0.4) is 0 Å². The normalized spacial score (nSPS) is 11.8. The van der Waals surface area contributed by atoms with Gasteiger partial charge in [0.25, 0.3) is 0 Å². The fourth-order valence-electron chi connectivity index (χ4n) is 4.86. The quantitative estimate of drug-likeness (QED) is 0.284. The highest BCUT2D eigenvalue weighted by Gasteiger charge is 2.10. The molecule has 2 heteroatoms. The Bertz CT molecular complexity index is 1770. The second kappa shape index (κ2) is 6.81. The maximum Gasteiger partial charge on any atom is 0.0544 e. The van der Waals surface area contributed by atoms with Gasteiger partial charge in [-0.05, 0) is 41.0 Å². The minimum Gasteiger partial charge on any atom is -0.354 e. The first-order valence-electron chi connectivity index (χ1n) is 10.9. The lowest BCUT2D eigenvalue weighted by Crippen LogP contribution is -1.82. The van der Waals surface area contributed by atoms with Gasteiger partial charge in [0.15, 0.2) is 0 Å². The molecule has 1 N–H and O–H groups in total. The monoisotopic (exact) mass is 425 g/mol. The van der Waals surface area contributed by atoms with Crippen molar-refractivity contribution in [1.29, 1.82) is 0 Å². The molecule has 2 heterocycles. The first-order chi connectivity index (χ1) is 15.8. The number of nitrogens with one attached hydrogen (secondary N) is 1. The van der Waals surface area contributed by atoms with Crippen molar-refractivity contribution in [3.63, 3.8) is 0 Å². The highest BCUT2D eigenvalue weighted by molar-refractivity contribution is 7.25. The Morgan fingerprint density at radius 3 is 2.06 bits per heavy atom. The second-order valence-electron chi connectivity index (χ2n) is 8.29. The molecule has 0 radical (unpaired) electrons. The Balaban J connectivity index is 1.34. The summed E-state index contributed by atoms with van der Waals surface area (Å²) < 4.78 is 2.69. The number of thiophene rings is 1. The van der Waals surface area contributed by atoms with Gasteiger partial charge in [0.1, 0.15) is 0 Å². The second-order valence-corrected chi connectivity index (χ2v) is 9.37. The molecule has 0 aliphatic heterocycles. The number of fused-ring (bicyclic) bond motifs is 6. The van der Waals surface area contributed by atoms with E-state index in [4.69, 9.17) is 0 Å². The number of benzene rings is 5. The molecule has 0 saturated carbocycles. The lowest BCUT2D eigenvalue weighted by atomic mass is 9.98. The molecule has 0 bridgehead atoms. The molecule has 32 heavy (non-hydrogen) atoms. The number of hydrogen-bond acceptors (Lipinski definition) is 1. The number of aromatic nitrogens is 1. The first-order valence-corrected chi connectivity index (χ1v) is 11.7. The zero-order valence-corrected chi connectivity index (χ0v) is 18.1. The van der Waals surface area contributed by atoms with Crippen LogP contribution in [0.15, 0.2) is 109 Å². The Hall–Kier alpha value is -3.88. The van der Waals surface area contributed by atoms with Crippen molar-refractivity contribution in [1.82, 2.24) is 4.98 Å². The lowest BCUT2D eigenvalue weighted by Gasteiger charge is -2.07. The van der Waals surface area contributed by atoms with Gasteiger partial charge in [-0.15, -0.1) is 11.3 Å². The van der Waals surface area contributed by atoms with E-state index in [0.29, 0.717) is 0 Å². The van der Waals surface area contributed by atoms with Crippen molar-refractivity contribution < 1.29 is 0 Å². The fraction of sp³-hybridized carbons (Fsp3) is 0. The van der Waals surface area contributed by atoms with E-state index in [1.807, 2.05) is 11.3 Å². The maximum atomic E-state index is 3.63. The average molecular weight is 426 g/mol. The average Bonchev–Trinajstić information content (AvgIpc) is 3.42. The largest absolute Gasteiger partial charge is 0.354 e. The van der Waals surface area contributed by atoms with E-state index in [0.717, 1.165) is 0 Å². The molecule has 0 spiro atoms. The minimum absolute atomic E-state index is 1.18. The van der Waals surface area contributed by atoms with E-state index in [-0.39, 0.29) is 0 Å². The Morgan fingerprint density at radius 2 is 1.16 bits per heavy atom. The van der Waals surface area contributed by atoms with Crippen molar-refractivity contribution in [2.24, 2.45) is 0 Å². The third-order valence-corrected chi connectivity index (χ3v) is 7.60. The number of rotatable bonds is 2. The smallest absolute Gasteiger partial charge is 0.0544 e. The van der Waals surface area contributed by atoms with Gasteiger partial charge in [-0.1, -0.05) is 84.9 Å². The van der Waals surface area contributed by atoms with Crippen LogP contribution in [-0.2, 0) is 0 Å². The van der Waals surface area contributed by atoms with Crippen LogP contribution in [0, 0.1) is 0 Å². The highest BCUT2D eigenvalue weighted by atomic mass is 32.1. The molecule has 0 unspecified atom stereocenters. The van der Waals surface area contributed by atoms with Gasteiger partial charge in [0.2, 0.25) is 0 Å². The van der Waals surface area contributed by atoms with E-state index in [9.17, 15) is 0 Å². The summed E-state index contributed by atoms with van der Waals surface area (Å²) in [4.78, 5) is 3.63. The van der Waals surface area contributed by atoms with E-state index >= 15 is 0 Å². The summed E-state index contributed by atoms with van der Waals surface area (Å²) in [6.07, 6.45) is 0. The molecule has 5 aromatic carbocycles. The summed E-state index contributed by atoms with van der Waals surface area (Å²) in [5.74, 6) is 0. The molecule has 2 aromatic heterocycles. The Kier molecular flexibility index (Phi) is 3.78. The zero-order valence-electron chi connectivity index (χ0n) is 17.3. The van der Waals surface area contributed by atoms with Gasteiger partial charge in [-0.2, -0.15) is 0 Å². The molecule has 0 aliphatic rings. The van der Waals surface area contributed by atoms with Crippen molar-refractivity contribution in [3.05, 3.63) is 109 Å². The third kappa shape index (κ3) is 2.63.